The van der Waals surface area contributed by atoms with E-state index in [2.05, 4.69) is 10.6 Å². The van der Waals surface area contributed by atoms with E-state index in [0.29, 0.717) is 17.0 Å². The van der Waals surface area contributed by atoms with Gasteiger partial charge in [-0.2, -0.15) is 0 Å². The molecular weight excluding hydrogens is 380 g/mol. The Labute approximate surface area is 175 Å². The lowest BCUT2D eigenvalue weighted by Crippen LogP contribution is -2.28. The molecule has 0 atom stereocenters. The van der Waals surface area contributed by atoms with Gasteiger partial charge in [-0.15, -0.1) is 0 Å². The standard InChI is InChI=1S/C24H26N2O4/c1-16-9-5-7-13-19(16)29-15-21(27)26-23-22(25-17-10-3-2-4-11-17)18-12-6-8-14-20(18)30-24(23)28/h5-9,12-14,17,25H,2-4,10-11,15H2,1H3,(H,26,27). The summed E-state index contributed by atoms with van der Waals surface area (Å²) in [6, 6.07) is 15.1. The molecule has 1 aliphatic carbocycles. The van der Waals surface area contributed by atoms with Crippen LogP contribution in [0.5, 0.6) is 5.75 Å². The van der Waals surface area contributed by atoms with Crippen molar-refractivity contribution >= 4 is 28.3 Å². The van der Waals surface area contributed by atoms with Crippen molar-refractivity contribution in [2.45, 2.75) is 45.1 Å². The van der Waals surface area contributed by atoms with Gasteiger partial charge in [0.25, 0.3) is 5.91 Å². The lowest BCUT2D eigenvalue weighted by Gasteiger charge is -2.25. The number of para-hydroxylation sites is 2. The maximum atomic E-state index is 12.7. The molecule has 1 aromatic heterocycles. The molecule has 0 unspecified atom stereocenters. The summed E-state index contributed by atoms with van der Waals surface area (Å²) >= 11 is 0. The lowest BCUT2D eigenvalue weighted by molar-refractivity contribution is -0.118. The number of hydrogen-bond donors (Lipinski definition) is 2. The van der Waals surface area contributed by atoms with Gasteiger partial charge in [-0.3, -0.25) is 4.79 Å². The smallest absolute Gasteiger partial charge is 0.362 e. The Hall–Kier alpha value is -3.28. The first kappa shape index (κ1) is 20.0. The summed E-state index contributed by atoms with van der Waals surface area (Å²) in [4.78, 5) is 25.3. The molecule has 1 fully saturated rings. The highest BCUT2D eigenvalue weighted by molar-refractivity contribution is 6.02. The number of benzene rings is 2. The highest BCUT2D eigenvalue weighted by Crippen LogP contribution is 2.31. The molecule has 1 heterocycles. The number of anilines is 2. The van der Waals surface area contributed by atoms with E-state index >= 15 is 0 Å². The Balaban J connectivity index is 1.59. The van der Waals surface area contributed by atoms with Crippen molar-refractivity contribution in [1.82, 2.24) is 0 Å². The largest absolute Gasteiger partial charge is 0.483 e. The maximum Gasteiger partial charge on any atom is 0.362 e. The molecule has 6 heteroatoms. The van der Waals surface area contributed by atoms with E-state index in [4.69, 9.17) is 9.15 Å². The van der Waals surface area contributed by atoms with E-state index in [-0.39, 0.29) is 18.3 Å². The molecule has 1 aliphatic rings. The predicted molar refractivity (Wildman–Crippen MR) is 118 cm³/mol. The van der Waals surface area contributed by atoms with Crippen molar-refractivity contribution in [1.29, 1.82) is 0 Å². The minimum atomic E-state index is -0.573. The van der Waals surface area contributed by atoms with Crippen LogP contribution in [0.1, 0.15) is 37.7 Å². The molecular formula is C24H26N2O4. The number of carbonyl (C=O) groups is 1. The molecule has 30 heavy (non-hydrogen) atoms. The van der Waals surface area contributed by atoms with Crippen molar-refractivity contribution in [2.24, 2.45) is 0 Å². The second kappa shape index (κ2) is 9.03. The zero-order valence-electron chi connectivity index (χ0n) is 17.1. The molecule has 1 amide bonds. The minimum Gasteiger partial charge on any atom is -0.483 e. The van der Waals surface area contributed by atoms with Crippen molar-refractivity contribution in [2.75, 3.05) is 17.2 Å². The van der Waals surface area contributed by atoms with Gasteiger partial charge >= 0.3 is 5.63 Å². The Bertz CT molecular complexity index is 1100. The van der Waals surface area contributed by atoms with Gasteiger partial charge in [0.05, 0.1) is 5.69 Å². The summed E-state index contributed by atoms with van der Waals surface area (Å²) < 4.78 is 11.1. The molecule has 4 rings (SSSR count). The van der Waals surface area contributed by atoms with Crippen LogP contribution < -0.4 is 21.0 Å². The third kappa shape index (κ3) is 4.48. The van der Waals surface area contributed by atoms with Gasteiger partial charge in [0.2, 0.25) is 0 Å². The molecule has 2 N–H and O–H groups in total. The van der Waals surface area contributed by atoms with Crippen LogP contribution in [-0.2, 0) is 4.79 Å². The molecule has 0 bridgehead atoms. The van der Waals surface area contributed by atoms with Gasteiger partial charge in [-0.1, -0.05) is 49.6 Å². The summed E-state index contributed by atoms with van der Waals surface area (Å²) in [5, 5.41) is 7.00. The van der Waals surface area contributed by atoms with Crippen LogP contribution in [0, 0.1) is 6.92 Å². The summed E-state index contributed by atoms with van der Waals surface area (Å²) in [5.74, 6) is 0.228. The first-order valence-electron chi connectivity index (χ1n) is 10.4. The first-order chi connectivity index (χ1) is 14.6. The number of fused-ring (bicyclic) bond motifs is 1. The van der Waals surface area contributed by atoms with Crippen LogP contribution in [-0.4, -0.2) is 18.6 Å². The lowest BCUT2D eigenvalue weighted by atomic mass is 9.95. The van der Waals surface area contributed by atoms with E-state index < -0.39 is 11.5 Å². The van der Waals surface area contributed by atoms with E-state index in [1.807, 2.05) is 49.4 Å². The van der Waals surface area contributed by atoms with Crippen LogP contribution in [0.25, 0.3) is 11.0 Å². The number of nitrogens with one attached hydrogen (secondary N) is 2. The Morgan fingerprint density at radius 2 is 1.77 bits per heavy atom. The normalized spacial score (nSPS) is 14.4. The SMILES string of the molecule is Cc1ccccc1OCC(=O)Nc1c(NC2CCCCC2)c2ccccc2oc1=O. The summed E-state index contributed by atoms with van der Waals surface area (Å²) in [7, 11) is 0. The van der Waals surface area contributed by atoms with Gasteiger partial charge in [0.1, 0.15) is 11.3 Å². The molecule has 0 radical (unpaired) electrons. The molecule has 0 spiro atoms. The second-order valence-electron chi connectivity index (χ2n) is 7.72. The van der Waals surface area contributed by atoms with Crippen molar-refractivity contribution in [3.05, 3.63) is 64.5 Å². The molecule has 0 aliphatic heterocycles. The van der Waals surface area contributed by atoms with Crippen LogP contribution in [0.15, 0.2) is 57.7 Å². The van der Waals surface area contributed by atoms with Gasteiger partial charge in [-0.05, 0) is 43.5 Å². The number of aryl methyl sites for hydroxylation is 1. The van der Waals surface area contributed by atoms with Crippen LogP contribution in [0.4, 0.5) is 11.4 Å². The van der Waals surface area contributed by atoms with Crippen LogP contribution >= 0.6 is 0 Å². The quantitative estimate of drug-likeness (QED) is 0.571. The fourth-order valence-corrected chi connectivity index (χ4v) is 3.90. The summed E-state index contributed by atoms with van der Waals surface area (Å²) in [5.41, 5.74) is 1.62. The third-order valence-electron chi connectivity index (χ3n) is 5.48. The summed E-state index contributed by atoms with van der Waals surface area (Å²) in [6.45, 7) is 1.72. The van der Waals surface area contributed by atoms with E-state index in [9.17, 15) is 9.59 Å². The Morgan fingerprint density at radius 1 is 1.03 bits per heavy atom. The number of hydrogen-bond acceptors (Lipinski definition) is 5. The maximum absolute atomic E-state index is 12.7. The number of ether oxygens (including phenoxy) is 1. The van der Waals surface area contributed by atoms with Gasteiger partial charge in [-0.25, -0.2) is 4.79 Å². The fourth-order valence-electron chi connectivity index (χ4n) is 3.90. The minimum absolute atomic E-state index is 0.137. The molecule has 2 aromatic carbocycles. The number of carbonyl (C=O) groups excluding carboxylic acids is 1. The summed E-state index contributed by atoms with van der Waals surface area (Å²) in [6.07, 6.45) is 5.62. The zero-order chi connectivity index (χ0) is 20.9. The topological polar surface area (TPSA) is 80.6 Å². The predicted octanol–water partition coefficient (Wildman–Crippen LogP) is 4.86. The average Bonchev–Trinajstić information content (AvgIpc) is 2.76. The Morgan fingerprint density at radius 3 is 2.57 bits per heavy atom. The molecule has 156 valence electrons. The van der Waals surface area contributed by atoms with Crippen molar-refractivity contribution in [3.63, 3.8) is 0 Å². The number of amides is 1. The first-order valence-corrected chi connectivity index (χ1v) is 10.4. The van der Waals surface area contributed by atoms with Crippen LogP contribution in [0.3, 0.4) is 0 Å². The second-order valence-corrected chi connectivity index (χ2v) is 7.72. The van der Waals surface area contributed by atoms with Crippen molar-refractivity contribution < 1.29 is 13.9 Å². The van der Waals surface area contributed by atoms with E-state index in [1.165, 1.54) is 6.42 Å². The van der Waals surface area contributed by atoms with Gasteiger partial charge in [0, 0.05) is 11.4 Å². The van der Waals surface area contributed by atoms with Gasteiger partial charge in [0.15, 0.2) is 12.3 Å². The highest BCUT2D eigenvalue weighted by Gasteiger charge is 2.21. The molecule has 0 saturated heterocycles. The van der Waals surface area contributed by atoms with Crippen molar-refractivity contribution in [3.8, 4) is 5.75 Å². The molecule has 6 nitrogen and oxygen atoms in total. The Kier molecular flexibility index (Phi) is 6.02. The monoisotopic (exact) mass is 406 g/mol. The average molecular weight is 406 g/mol. The molecule has 3 aromatic rings. The van der Waals surface area contributed by atoms with Gasteiger partial charge < -0.3 is 19.8 Å². The fraction of sp³-hybridized carbons (Fsp3) is 0.333. The highest BCUT2D eigenvalue weighted by atomic mass is 16.5. The third-order valence-corrected chi connectivity index (χ3v) is 5.48. The zero-order valence-corrected chi connectivity index (χ0v) is 17.1. The van der Waals surface area contributed by atoms with Crippen LogP contribution in [0.2, 0.25) is 0 Å². The number of rotatable bonds is 6. The molecule has 1 saturated carbocycles. The van der Waals surface area contributed by atoms with E-state index in [0.717, 1.165) is 36.6 Å². The van der Waals surface area contributed by atoms with E-state index in [1.54, 1.807) is 6.07 Å².